The van der Waals surface area contributed by atoms with Gasteiger partial charge in [0.1, 0.15) is 0 Å². The fourth-order valence-electron chi connectivity index (χ4n) is 3.29. The molecular weight excluding hydrogens is 272 g/mol. The number of carbonyl (C=O) groups excluding carboxylic acids is 1. The zero-order chi connectivity index (χ0) is 15.4. The zero-order valence-corrected chi connectivity index (χ0v) is 13.1. The minimum absolute atomic E-state index is 0.0276. The average Bonchev–Trinajstić information content (AvgIpc) is 2.99. The van der Waals surface area contributed by atoms with E-state index in [1.807, 2.05) is 0 Å². The summed E-state index contributed by atoms with van der Waals surface area (Å²) >= 11 is 0. The van der Waals surface area contributed by atoms with E-state index >= 15 is 0 Å². The maximum atomic E-state index is 12.0. The smallest absolute Gasteiger partial charge is 0.315 e. The molecule has 1 fully saturated rings. The molecule has 1 atom stereocenters. The second-order valence-electron chi connectivity index (χ2n) is 6.39. The van der Waals surface area contributed by atoms with E-state index in [4.69, 9.17) is 0 Å². The highest BCUT2D eigenvalue weighted by molar-refractivity contribution is 5.83. The normalized spacial score (nSPS) is 16.6. The lowest BCUT2D eigenvalue weighted by molar-refractivity contribution is 0.234. The van der Waals surface area contributed by atoms with Gasteiger partial charge < -0.3 is 10.6 Å². The summed E-state index contributed by atoms with van der Waals surface area (Å²) in [6, 6.07) is 15.3. The van der Waals surface area contributed by atoms with Crippen LogP contribution in [0.5, 0.6) is 0 Å². The van der Waals surface area contributed by atoms with Gasteiger partial charge in [-0.25, -0.2) is 4.79 Å². The van der Waals surface area contributed by atoms with E-state index in [2.05, 4.69) is 60.0 Å². The third-order valence-electron chi connectivity index (χ3n) is 4.42. The molecule has 0 spiro atoms. The maximum Gasteiger partial charge on any atom is 0.315 e. The van der Waals surface area contributed by atoms with Crippen LogP contribution >= 0.6 is 0 Å². The Morgan fingerprint density at radius 3 is 2.64 bits per heavy atom. The number of carbonyl (C=O) groups is 1. The Kier molecular flexibility index (Phi) is 4.62. The SMILES string of the molecule is CC(Cc1ccc2ccccc2c1)NC(=O)NC1CCCC1. The van der Waals surface area contributed by atoms with Crippen LogP contribution < -0.4 is 10.6 Å². The predicted octanol–water partition coefficient (Wildman–Crippen LogP) is 4.01. The van der Waals surface area contributed by atoms with E-state index in [1.165, 1.54) is 29.2 Å². The van der Waals surface area contributed by atoms with Gasteiger partial charge in [-0.05, 0) is 42.5 Å². The Balaban J connectivity index is 1.55. The Morgan fingerprint density at radius 2 is 1.86 bits per heavy atom. The van der Waals surface area contributed by atoms with Crippen molar-refractivity contribution in [1.82, 2.24) is 10.6 Å². The molecular formula is C19H24N2O. The van der Waals surface area contributed by atoms with Crippen molar-refractivity contribution in [3.05, 3.63) is 48.0 Å². The number of hydrogen-bond donors (Lipinski definition) is 2. The molecule has 2 amide bonds. The van der Waals surface area contributed by atoms with E-state index in [1.54, 1.807) is 0 Å². The highest BCUT2D eigenvalue weighted by atomic mass is 16.2. The predicted molar refractivity (Wildman–Crippen MR) is 91.0 cm³/mol. The molecule has 0 heterocycles. The summed E-state index contributed by atoms with van der Waals surface area (Å²) in [6.07, 6.45) is 5.55. The minimum atomic E-state index is -0.0276. The Morgan fingerprint density at radius 1 is 1.14 bits per heavy atom. The number of urea groups is 1. The van der Waals surface area contributed by atoms with Gasteiger partial charge in [-0.2, -0.15) is 0 Å². The number of nitrogens with one attached hydrogen (secondary N) is 2. The van der Waals surface area contributed by atoms with E-state index in [0.29, 0.717) is 6.04 Å². The van der Waals surface area contributed by atoms with Crippen LogP contribution in [0.25, 0.3) is 10.8 Å². The fourth-order valence-corrected chi connectivity index (χ4v) is 3.29. The molecule has 0 radical (unpaired) electrons. The summed E-state index contributed by atoms with van der Waals surface area (Å²) in [5.74, 6) is 0. The number of amides is 2. The van der Waals surface area contributed by atoms with Crippen LogP contribution in [0.15, 0.2) is 42.5 Å². The molecule has 0 bridgehead atoms. The largest absolute Gasteiger partial charge is 0.335 e. The Hall–Kier alpha value is -2.03. The van der Waals surface area contributed by atoms with Crippen molar-refractivity contribution < 1.29 is 4.79 Å². The fraction of sp³-hybridized carbons (Fsp3) is 0.421. The van der Waals surface area contributed by atoms with Crippen molar-refractivity contribution in [2.24, 2.45) is 0 Å². The topological polar surface area (TPSA) is 41.1 Å². The minimum Gasteiger partial charge on any atom is -0.335 e. The maximum absolute atomic E-state index is 12.0. The van der Waals surface area contributed by atoms with Gasteiger partial charge >= 0.3 is 6.03 Å². The Labute approximate surface area is 132 Å². The van der Waals surface area contributed by atoms with E-state index < -0.39 is 0 Å². The van der Waals surface area contributed by atoms with Gasteiger partial charge in [0.25, 0.3) is 0 Å². The van der Waals surface area contributed by atoms with Gasteiger partial charge in [0.05, 0.1) is 0 Å². The molecule has 2 aromatic rings. The average molecular weight is 296 g/mol. The molecule has 1 aliphatic carbocycles. The summed E-state index contributed by atoms with van der Waals surface area (Å²) in [5, 5.41) is 8.64. The van der Waals surface area contributed by atoms with Gasteiger partial charge in [-0.1, -0.05) is 55.3 Å². The van der Waals surface area contributed by atoms with Crippen molar-refractivity contribution in [2.75, 3.05) is 0 Å². The molecule has 3 heteroatoms. The van der Waals surface area contributed by atoms with E-state index in [9.17, 15) is 4.79 Å². The molecule has 1 unspecified atom stereocenters. The molecule has 0 saturated heterocycles. The van der Waals surface area contributed by atoms with Crippen LogP contribution in [0.3, 0.4) is 0 Å². The summed E-state index contributed by atoms with van der Waals surface area (Å²) in [6.45, 7) is 2.06. The zero-order valence-electron chi connectivity index (χ0n) is 13.1. The second-order valence-corrected chi connectivity index (χ2v) is 6.39. The van der Waals surface area contributed by atoms with Crippen LogP contribution in [0.1, 0.15) is 38.2 Å². The molecule has 3 nitrogen and oxygen atoms in total. The number of fused-ring (bicyclic) bond motifs is 1. The standard InChI is InChI=1S/C19H24N2O/c1-14(20-19(22)21-18-8-4-5-9-18)12-15-10-11-16-6-2-3-7-17(16)13-15/h2-3,6-7,10-11,13-14,18H,4-5,8-9,12H2,1H3,(H2,20,21,22). The van der Waals surface area contributed by atoms with E-state index in [0.717, 1.165) is 19.3 Å². The number of benzene rings is 2. The third-order valence-corrected chi connectivity index (χ3v) is 4.42. The first-order valence-corrected chi connectivity index (χ1v) is 8.25. The van der Waals surface area contributed by atoms with Crippen LogP contribution in [-0.2, 0) is 6.42 Å². The molecule has 3 rings (SSSR count). The van der Waals surface area contributed by atoms with E-state index in [-0.39, 0.29) is 12.1 Å². The first-order chi connectivity index (χ1) is 10.7. The van der Waals surface area contributed by atoms with Gasteiger partial charge in [0.2, 0.25) is 0 Å². The molecule has 2 N–H and O–H groups in total. The van der Waals surface area contributed by atoms with Gasteiger partial charge in [-0.3, -0.25) is 0 Å². The Bertz CT molecular complexity index is 647. The number of hydrogen-bond acceptors (Lipinski definition) is 1. The second kappa shape index (κ2) is 6.82. The van der Waals surface area contributed by atoms with Gasteiger partial charge in [0.15, 0.2) is 0 Å². The highest BCUT2D eigenvalue weighted by Crippen LogP contribution is 2.18. The van der Waals surface area contributed by atoms with Crippen LogP contribution in [-0.4, -0.2) is 18.1 Å². The van der Waals surface area contributed by atoms with Crippen LogP contribution in [0.2, 0.25) is 0 Å². The molecule has 1 saturated carbocycles. The lowest BCUT2D eigenvalue weighted by Gasteiger charge is -2.18. The summed E-state index contributed by atoms with van der Waals surface area (Å²) in [5.41, 5.74) is 1.26. The first-order valence-electron chi connectivity index (χ1n) is 8.25. The molecule has 0 aliphatic heterocycles. The quantitative estimate of drug-likeness (QED) is 0.879. The highest BCUT2D eigenvalue weighted by Gasteiger charge is 2.17. The van der Waals surface area contributed by atoms with Crippen molar-refractivity contribution in [3.8, 4) is 0 Å². The summed E-state index contributed by atoms with van der Waals surface area (Å²) < 4.78 is 0. The number of rotatable bonds is 4. The lowest BCUT2D eigenvalue weighted by Crippen LogP contribution is -2.45. The van der Waals surface area contributed by atoms with Crippen molar-refractivity contribution >= 4 is 16.8 Å². The molecule has 1 aliphatic rings. The summed E-state index contributed by atoms with van der Waals surface area (Å²) in [4.78, 5) is 12.0. The molecule has 0 aromatic heterocycles. The first kappa shape index (κ1) is 14.9. The third kappa shape index (κ3) is 3.79. The molecule has 116 valence electrons. The van der Waals surface area contributed by atoms with Crippen molar-refractivity contribution in [1.29, 1.82) is 0 Å². The van der Waals surface area contributed by atoms with Crippen molar-refractivity contribution in [3.63, 3.8) is 0 Å². The van der Waals surface area contributed by atoms with Crippen LogP contribution in [0, 0.1) is 0 Å². The van der Waals surface area contributed by atoms with Gasteiger partial charge in [0, 0.05) is 12.1 Å². The lowest BCUT2D eigenvalue weighted by atomic mass is 10.0. The van der Waals surface area contributed by atoms with Crippen molar-refractivity contribution in [2.45, 2.75) is 51.1 Å². The summed E-state index contributed by atoms with van der Waals surface area (Å²) in [7, 11) is 0. The van der Waals surface area contributed by atoms with Gasteiger partial charge in [-0.15, -0.1) is 0 Å². The monoisotopic (exact) mass is 296 g/mol. The molecule has 22 heavy (non-hydrogen) atoms. The molecule has 2 aromatic carbocycles. The van der Waals surface area contributed by atoms with Crippen LogP contribution in [0.4, 0.5) is 4.79 Å².